The zero-order chi connectivity index (χ0) is 15.1. The number of anilines is 1. The van der Waals surface area contributed by atoms with Gasteiger partial charge in [-0.3, -0.25) is 4.40 Å². The number of hydrogen-bond acceptors (Lipinski definition) is 3. The van der Waals surface area contributed by atoms with Gasteiger partial charge in [-0.15, -0.1) is 0 Å². The lowest BCUT2D eigenvalue weighted by Gasteiger charge is -2.40. The summed E-state index contributed by atoms with van der Waals surface area (Å²) in [5.74, 6) is -0.933. The highest BCUT2D eigenvalue weighted by Gasteiger charge is 2.26. The number of piperidine rings is 1. The van der Waals surface area contributed by atoms with E-state index in [0.29, 0.717) is 23.4 Å². The van der Waals surface area contributed by atoms with Crippen molar-refractivity contribution < 1.29 is 9.90 Å². The van der Waals surface area contributed by atoms with Crippen molar-refractivity contribution in [3.05, 3.63) is 29.7 Å². The van der Waals surface area contributed by atoms with E-state index in [4.69, 9.17) is 0 Å². The molecule has 3 rings (SSSR count). The Labute approximate surface area is 124 Å². The molecule has 5 heteroatoms. The van der Waals surface area contributed by atoms with E-state index in [1.165, 1.54) is 19.3 Å². The van der Waals surface area contributed by atoms with Crippen LogP contribution in [0.3, 0.4) is 0 Å². The van der Waals surface area contributed by atoms with E-state index in [0.717, 1.165) is 5.69 Å². The minimum Gasteiger partial charge on any atom is -0.477 e. The van der Waals surface area contributed by atoms with E-state index in [2.05, 4.69) is 23.7 Å². The number of nitrogens with zero attached hydrogens (tertiary/aromatic N) is 3. The van der Waals surface area contributed by atoms with Gasteiger partial charge < -0.3 is 10.0 Å². The summed E-state index contributed by atoms with van der Waals surface area (Å²) < 4.78 is 1.70. The lowest BCUT2D eigenvalue weighted by atomic mass is 9.97. The van der Waals surface area contributed by atoms with Gasteiger partial charge in [-0.2, -0.15) is 0 Å². The number of rotatable bonds is 2. The van der Waals surface area contributed by atoms with Crippen molar-refractivity contribution in [2.24, 2.45) is 0 Å². The van der Waals surface area contributed by atoms with Gasteiger partial charge in [0.25, 0.3) is 0 Å². The smallest absolute Gasteiger partial charge is 0.354 e. The largest absolute Gasteiger partial charge is 0.477 e. The summed E-state index contributed by atoms with van der Waals surface area (Å²) in [7, 11) is 0. The van der Waals surface area contributed by atoms with E-state index in [9.17, 15) is 9.90 Å². The van der Waals surface area contributed by atoms with Crippen LogP contribution in [0.4, 0.5) is 5.69 Å². The Hall–Kier alpha value is -2.04. The number of fused-ring (bicyclic) bond motifs is 1. The van der Waals surface area contributed by atoms with Gasteiger partial charge in [0.2, 0.25) is 0 Å². The number of pyridine rings is 1. The molecule has 0 amide bonds. The topological polar surface area (TPSA) is 57.8 Å². The molecule has 2 unspecified atom stereocenters. The van der Waals surface area contributed by atoms with Crippen LogP contribution in [0.1, 0.15) is 49.3 Å². The van der Waals surface area contributed by atoms with Crippen LogP contribution >= 0.6 is 0 Å². The molecule has 0 aromatic carbocycles. The molecule has 5 nitrogen and oxygen atoms in total. The van der Waals surface area contributed by atoms with Crippen LogP contribution in [-0.4, -0.2) is 32.5 Å². The normalized spacial score (nSPS) is 22.7. The lowest BCUT2D eigenvalue weighted by molar-refractivity contribution is 0.0688. The van der Waals surface area contributed by atoms with Crippen molar-refractivity contribution in [1.29, 1.82) is 0 Å². The second-order valence-electron chi connectivity index (χ2n) is 6.00. The number of aryl methyl sites for hydroxylation is 1. The van der Waals surface area contributed by atoms with Crippen LogP contribution in [0, 0.1) is 6.92 Å². The maximum absolute atomic E-state index is 11.4. The molecule has 0 bridgehead atoms. The Morgan fingerprint density at radius 1 is 1.29 bits per heavy atom. The first-order valence-electron chi connectivity index (χ1n) is 7.49. The molecule has 0 radical (unpaired) electrons. The number of aromatic nitrogens is 2. The maximum Gasteiger partial charge on any atom is 0.354 e. The number of aromatic carboxylic acids is 1. The van der Waals surface area contributed by atoms with E-state index >= 15 is 0 Å². The first-order chi connectivity index (χ1) is 9.99. The van der Waals surface area contributed by atoms with Crippen LogP contribution < -0.4 is 4.90 Å². The fourth-order valence-electron chi connectivity index (χ4n) is 3.49. The summed E-state index contributed by atoms with van der Waals surface area (Å²) in [6.07, 6.45) is 5.52. The van der Waals surface area contributed by atoms with Crippen LogP contribution in [-0.2, 0) is 0 Å². The maximum atomic E-state index is 11.4. The predicted octanol–water partition coefficient (Wildman–Crippen LogP) is 3.11. The van der Waals surface area contributed by atoms with E-state index in [1.807, 2.05) is 18.3 Å². The molecule has 1 N–H and O–H groups in total. The molecule has 112 valence electrons. The van der Waals surface area contributed by atoms with Crippen molar-refractivity contribution in [3.63, 3.8) is 0 Å². The SMILES string of the molecule is Cc1nc2ccc(N3C(C)CCCC3C)cn2c1C(=O)O. The molecule has 3 heterocycles. The van der Waals surface area contributed by atoms with Gasteiger partial charge in [-0.1, -0.05) is 0 Å². The standard InChI is InChI=1S/C16H21N3O2/c1-10-5-4-6-11(2)19(10)13-7-8-14-17-12(3)15(16(20)21)18(14)9-13/h7-11H,4-6H2,1-3H3,(H,20,21). The molecule has 0 spiro atoms. The molecular formula is C16H21N3O2. The summed E-state index contributed by atoms with van der Waals surface area (Å²) in [5, 5.41) is 9.38. The first kappa shape index (κ1) is 13.9. The summed E-state index contributed by atoms with van der Waals surface area (Å²) in [4.78, 5) is 18.2. The quantitative estimate of drug-likeness (QED) is 0.922. The average Bonchev–Trinajstić information content (AvgIpc) is 2.73. The second kappa shape index (κ2) is 5.06. The highest BCUT2D eigenvalue weighted by Crippen LogP contribution is 2.29. The van der Waals surface area contributed by atoms with Crippen molar-refractivity contribution in [3.8, 4) is 0 Å². The minimum absolute atomic E-state index is 0.254. The van der Waals surface area contributed by atoms with Gasteiger partial charge in [-0.05, 0) is 52.2 Å². The highest BCUT2D eigenvalue weighted by molar-refractivity contribution is 5.88. The third-order valence-corrected chi connectivity index (χ3v) is 4.47. The van der Waals surface area contributed by atoms with E-state index in [1.54, 1.807) is 11.3 Å². The number of imidazole rings is 1. The molecule has 0 aliphatic carbocycles. The molecule has 1 aliphatic heterocycles. The van der Waals surface area contributed by atoms with Gasteiger partial charge in [0.15, 0.2) is 5.69 Å². The van der Waals surface area contributed by atoms with Crippen LogP contribution in [0.25, 0.3) is 5.65 Å². The molecule has 21 heavy (non-hydrogen) atoms. The third-order valence-electron chi connectivity index (χ3n) is 4.47. The lowest BCUT2D eigenvalue weighted by Crippen LogP contribution is -2.43. The molecule has 2 atom stereocenters. The monoisotopic (exact) mass is 287 g/mol. The Morgan fingerprint density at radius 2 is 1.95 bits per heavy atom. The van der Waals surface area contributed by atoms with Gasteiger partial charge >= 0.3 is 5.97 Å². The van der Waals surface area contributed by atoms with E-state index < -0.39 is 5.97 Å². The number of carboxylic acids is 1. The molecular weight excluding hydrogens is 266 g/mol. The van der Waals surface area contributed by atoms with Crippen molar-refractivity contribution in [1.82, 2.24) is 9.38 Å². The van der Waals surface area contributed by atoms with Crippen LogP contribution in [0.2, 0.25) is 0 Å². The number of hydrogen-bond donors (Lipinski definition) is 1. The summed E-state index contributed by atoms with van der Waals surface area (Å²) in [6.45, 7) is 6.20. The van der Waals surface area contributed by atoms with Crippen LogP contribution in [0.5, 0.6) is 0 Å². The summed E-state index contributed by atoms with van der Waals surface area (Å²) in [6, 6.07) is 4.90. The van der Waals surface area contributed by atoms with Crippen molar-refractivity contribution in [2.75, 3.05) is 4.90 Å². The van der Waals surface area contributed by atoms with E-state index in [-0.39, 0.29) is 5.69 Å². The van der Waals surface area contributed by atoms with Gasteiger partial charge in [0.1, 0.15) is 5.65 Å². The fraction of sp³-hybridized carbons (Fsp3) is 0.500. The molecule has 2 aromatic heterocycles. The zero-order valence-electron chi connectivity index (χ0n) is 12.7. The number of carbonyl (C=O) groups is 1. The number of carboxylic acid groups (broad SMARTS) is 1. The fourth-order valence-corrected chi connectivity index (χ4v) is 3.49. The molecule has 1 fully saturated rings. The molecule has 2 aromatic rings. The average molecular weight is 287 g/mol. The summed E-state index contributed by atoms with van der Waals surface area (Å²) in [5.41, 5.74) is 2.57. The Balaban J connectivity index is 2.11. The molecule has 0 saturated carbocycles. The first-order valence-corrected chi connectivity index (χ1v) is 7.49. The molecule has 1 saturated heterocycles. The van der Waals surface area contributed by atoms with Gasteiger partial charge in [0.05, 0.1) is 11.4 Å². The highest BCUT2D eigenvalue weighted by atomic mass is 16.4. The van der Waals surface area contributed by atoms with Crippen molar-refractivity contribution >= 4 is 17.3 Å². The molecule has 1 aliphatic rings. The zero-order valence-corrected chi connectivity index (χ0v) is 12.7. The van der Waals surface area contributed by atoms with Crippen molar-refractivity contribution in [2.45, 2.75) is 52.1 Å². The Kier molecular flexibility index (Phi) is 3.35. The third kappa shape index (κ3) is 2.26. The van der Waals surface area contributed by atoms with Gasteiger partial charge in [0, 0.05) is 18.3 Å². The predicted molar refractivity (Wildman–Crippen MR) is 82.1 cm³/mol. The second-order valence-corrected chi connectivity index (χ2v) is 6.00. The van der Waals surface area contributed by atoms with Gasteiger partial charge in [-0.25, -0.2) is 9.78 Å². The van der Waals surface area contributed by atoms with Crippen LogP contribution in [0.15, 0.2) is 18.3 Å². The Morgan fingerprint density at radius 3 is 2.57 bits per heavy atom. The summed E-state index contributed by atoms with van der Waals surface area (Å²) >= 11 is 0. The Bertz CT molecular complexity index is 682. The minimum atomic E-state index is -0.933.